The molecule has 0 radical (unpaired) electrons. The summed E-state index contributed by atoms with van der Waals surface area (Å²) >= 11 is 15.0. The van der Waals surface area contributed by atoms with Crippen LogP contribution in [0, 0.1) is 5.92 Å². The fourth-order valence-corrected chi connectivity index (χ4v) is 3.22. The van der Waals surface area contributed by atoms with E-state index in [2.05, 4.69) is 31.8 Å². The second-order valence-corrected chi connectivity index (χ2v) is 7.52. The smallest absolute Gasteiger partial charge is 0.276 e. The number of halogens is 3. The van der Waals surface area contributed by atoms with Crippen molar-refractivity contribution in [3.8, 4) is 0 Å². The van der Waals surface area contributed by atoms with Gasteiger partial charge in [-0.2, -0.15) is 5.10 Å². The minimum absolute atomic E-state index is 0.110. The van der Waals surface area contributed by atoms with Gasteiger partial charge in [-0.3, -0.25) is 19.7 Å². The molecular weight excluding hydrogens is 487 g/mol. The van der Waals surface area contributed by atoms with Gasteiger partial charge in [0.25, 0.3) is 11.8 Å². The van der Waals surface area contributed by atoms with E-state index in [-0.39, 0.29) is 16.3 Å². The van der Waals surface area contributed by atoms with Gasteiger partial charge in [-0.1, -0.05) is 39.1 Å². The lowest BCUT2D eigenvalue weighted by molar-refractivity contribution is -0.131. The first-order valence-corrected chi connectivity index (χ1v) is 9.56. The van der Waals surface area contributed by atoms with E-state index in [1.165, 1.54) is 30.3 Å². The molecule has 1 fully saturated rings. The topological polar surface area (TPSA) is 108 Å². The van der Waals surface area contributed by atoms with Crippen molar-refractivity contribution >= 4 is 74.8 Å². The highest BCUT2D eigenvalue weighted by Crippen LogP contribution is 2.23. The van der Waals surface area contributed by atoms with Crippen LogP contribution in [-0.2, 0) is 9.59 Å². The van der Waals surface area contributed by atoms with Crippen LogP contribution in [0.1, 0.15) is 10.4 Å². The Labute approximate surface area is 183 Å². The third kappa shape index (κ3) is 4.64. The quantitative estimate of drug-likeness (QED) is 0.383. The molecule has 0 spiro atoms. The molecule has 0 aliphatic carbocycles. The maximum Gasteiger partial charge on any atom is 0.335 e. The number of rotatable bonds is 4. The molecule has 0 bridgehead atoms. The summed E-state index contributed by atoms with van der Waals surface area (Å²) in [5.41, 5.74) is 2.57. The van der Waals surface area contributed by atoms with Crippen molar-refractivity contribution in [3.63, 3.8) is 0 Å². The average molecular weight is 498 g/mol. The third-order valence-electron chi connectivity index (χ3n) is 3.85. The minimum Gasteiger partial charge on any atom is -0.276 e. The molecule has 5 amide bonds. The molecule has 1 aliphatic heterocycles. The summed E-state index contributed by atoms with van der Waals surface area (Å²) in [5.74, 6) is -3.72. The second-order valence-electron chi connectivity index (χ2n) is 5.77. The molecule has 11 heteroatoms. The standard InChI is InChI=1S/C18H11BrCl2N4O4/c19-9-1-4-11(5-2-9)25-17(28)13(15(26)23-18(25)29)8-22-24-16(27)12-6-3-10(20)7-14(12)21/h1-8,13H,(H,24,27)(H,23,26,29)/b22-8-/t13-/m0/s1. The molecule has 0 saturated carbocycles. The van der Waals surface area contributed by atoms with Crippen molar-refractivity contribution in [3.05, 3.63) is 62.5 Å². The van der Waals surface area contributed by atoms with Gasteiger partial charge in [0.15, 0.2) is 5.92 Å². The zero-order chi connectivity index (χ0) is 21.1. The molecular formula is C18H11BrCl2N4O4. The summed E-state index contributed by atoms with van der Waals surface area (Å²) in [6.07, 6.45) is 0.942. The van der Waals surface area contributed by atoms with Crippen molar-refractivity contribution < 1.29 is 19.2 Å². The SMILES string of the molecule is O=C(N/N=C\[C@H]1C(=O)NC(=O)N(c2ccc(Br)cc2)C1=O)c1ccc(Cl)cc1Cl. The molecule has 1 saturated heterocycles. The summed E-state index contributed by atoms with van der Waals surface area (Å²) in [7, 11) is 0. The Morgan fingerprint density at radius 3 is 2.48 bits per heavy atom. The lowest BCUT2D eigenvalue weighted by atomic mass is 10.1. The number of nitrogens with zero attached hydrogens (tertiary/aromatic N) is 2. The number of hydrazone groups is 1. The van der Waals surface area contributed by atoms with E-state index in [1.807, 2.05) is 0 Å². The highest BCUT2D eigenvalue weighted by molar-refractivity contribution is 9.10. The maximum atomic E-state index is 12.7. The highest BCUT2D eigenvalue weighted by atomic mass is 79.9. The van der Waals surface area contributed by atoms with Crippen molar-refractivity contribution in [2.24, 2.45) is 11.0 Å². The summed E-state index contributed by atoms with van der Waals surface area (Å²) in [4.78, 5) is 49.8. The lowest BCUT2D eigenvalue weighted by Gasteiger charge is -2.28. The molecule has 148 valence electrons. The summed E-state index contributed by atoms with van der Waals surface area (Å²) in [5, 5.41) is 6.22. The van der Waals surface area contributed by atoms with Gasteiger partial charge >= 0.3 is 6.03 Å². The van der Waals surface area contributed by atoms with Crippen molar-refractivity contribution in [1.29, 1.82) is 0 Å². The van der Waals surface area contributed by atoms with Crippen LogP contribution in [-0.4, -0.2) is 30.0 Å². The van der Waals surface area contributed by atoms with Crippen LogP contribution in [0.2, 0.25) is 10.0 Å². The second kappa shape index (κ2) is 8.73. The van der Waals surface area contributed by atoms with E-state index in [1.54, 1.807) is 12.1 Å². The molecule has 1 heterocycles. The number of anilines is 1. The minimum atomic E-state index is -1.41. The molecule has 1 aliphatic rings. The molecule has 29 heavy (non-hydrogen) atoms. The number of carbonyl (C=O) groups excluding carboxylic acids is 4. The lowest BCUT2D eigenvalue weighted by Crippen LogP contribution is -2.58. The largest absolute Gasteiger partial charge is 0.335 e. The first kappa shape index (κ1) is 21.0. The van der Waals surface area contributed by atoms with Crippen LogP contribution >= 0.6 is 39.1 Å². The molecule has 3 rings (SSSR count). The third-order valence-corrected chi connectivity index (χ3v) is 4.93. The van der Waals surface area contributed by atoms with Gasteiger partial charge in [0.1, 0.15) is 0 Å². The van der Waals surface area contributed by atoms with Crippen LogP contribution in [0.25, 0.3) is 0 Å². The molecule has 0 unspecified atom stereocenters. The van der Waals surface area contributed by atoms with Crippen molar-refractivity contribution in [2.45, 2.75) is 0 Å². The summed E-state index contributed by atoms with van der Waals surface area (Å²) in [6.45, 7) is 0. The van der Waals surface area contributed by atoms with Gasteiger partial charge in [-0.05, 0) is 42.5 Å². The summed E-state index contributed by atoms with van der Waals surface area (Å²) in [6, 6.07) is 9.77. The van der Waals surface area contributed by atoms with E-state index in [0.717, 1.165) is 15.6 Å². The normalized spacial score (nSPS) is 16.9. The Bertz CT molecular complexity index is 1040. The molecule has 8 nitrogen and oxygen atoms in total. The van der Waals surface area contributed by atoms with Crippen LogP contribution in [0.5, 0.6) is 0 Å². The first-order chi connectivity index (χ1) is 13.8. The van der Waals surface area contributed by atoms with Crippen LogP contribution in [0.4, 0.5) is 10.5 Å². The van der Waals surface area contributed by atoms with Crippen LogP contribution in [0.15, 0.2) is 52.0 Å². The van der Waals surface area contributed by atoms with Gasteiger partial charge in [-0.25, -0.2) is 15.1 Å². The molecule has 2 N–H and O–H groups in total. The fraction of sp³-hybridized carbons (Fsp3) is 0.0556. The Morgan fingerprint density at radius 1 is 1.14 bits per heavy atom. The van der Waals surface area contributed by atoms with Gasteiger partial charge in [0.2, 0.25) is 5.91 Å². The van der Waals surface area contributed by atoms with E-state index < -0.39 is 29.7 Å². The number of nitrogens with one attached hydrogen (secondary N) is 2. The molecule has 0 aromatic heterocycles. The number of urea groups is 1. The van der Waals surface area contributed by atoms with E-state index >= 15 is 0 Å². The van der Waals surface area contributed by atoms with Crippen molar-refractivity contribution in [2.75, 3.05) is 4.90 Å². The predicted octanol–water partition coefficient (Wildman–Crippen LogP) is 3.37. The van der Waals surface area contributed by atoms with Crippen molar-refractivity contribution in [1.82, 2.24) is 10.7 Å². The summed E-state index contributed by atoms with van der Waals surface area (Å²) < 4.78 is 0.754. The number of amides is 5. The Hall–Kier alpha value is -2.75. The van der Waals surface area contributed by atoms with E-state index in [0.29, 0.717) is 5.02 Å². The fourth-order valence-electron chi connectivity index (χ4n) is 2.46. The monoisotopic (exact) mass is 496 g/mol. The number of hydrogen-bond acceptors (Lipinski definition) is 5. The van der Waals surface area contributed by atoms with Gasteiger partial charge < -0.3 is 0 Å². The van der Waals surface area contributed by atoms with Gasteiger partial charge in [0.05, 0.1) is 16.3 Å². The van der Waals surface area contributed by atoms with Crippen LogP contribution < -0.4 is 15.6 Å². The maximum absolute atomic E-state index is 12.7. The number of imide groups is 2. The Kier molecular flexibility index (Phi) is 6.31. The highest BCUT2D eigenvalue weighted by Gasteiger charge is 2.40. The zero-order valence-electron chi connectivity index (χ0n) is 14.4. The Morgan fingerprint density at radius 2 is 1.83 bits per heavy atom. The number of carbonyl (C=O) groups is 4. The number of hydrogen-bond donors (Lipinski definition) is 2. The number of benzene rings is 2. The van der Waals surface area contributed by atoms with Gasteiger partial charge in [-0.15, -0.1) is 0 Å². The number of barbiturate groups is 1. The molecule has 2 aromatic carbocycles. The van der Waals surface area contributed by atoms with E-state index in [9.17, 15) is 19.2 Å². The first-order valence-electron chi connectivity index (χ1n) is 8.01. The van der Waals surface area contributed by atoms with Crippen LogP contribution in [0.3, 0.4) is 0 Å². The zero-order valence-corrected chi connectivity index (χ0v) is 17.5. The molecule has 1 atom stereocenters. The molecule has 2 aromatic rings. The predicted molar refractivity (Wildman–Crippen MR) is 111 cm³/mol. The average Bonchev–Trinajstić information content (AvgIpc) is 2.65. The van der Waals surface area contributed by atoms with E-state index in [4.69, 9.17) is 23.2 Å². The Balaban J connectivity index is 1.75. The van der Waals surface area contributed by atoms with Gasteiger partial charge in [0, 0.05) is 15.7 Å².